The largest absolute Gasteiger partial charge is 0.456 e. The maximum absolute atomic E-state index is 6.56. The average Bonchev–Trinajstić information content (AvgIpc) is 3.92. The topological polar surface area (TPSA) is 65.0 Å². The Bertz CT molecular complexity index is 3780. The SMILES string of the molecule is C=C(/C=C\C)c1ccc2oc3cccc(-c4ccc5oc6cccc(-c7nc(-c8ccccc8)nc(-c8ccc9c%10ccccc%10c%10ccccc%10c9c8)n7)c6c5c4)c3c2c1.CCC. The first-order valence-electron chi connectivity index (χ1n) is 21.9. The van der Waals surface area contributed by atoms with Crippen molar-refractivity contribution in [3.63, 3.8) is 0 Å². The molecule has 306 valence electrons. The fourth-order valence-electron chi connectivity index (χ4n) is 9.13. The maximum atomic E-state index is 6.56. The molecule has 0 radical (unpaired) electrons. The normalized spacial score (nSPS) is 11.7. The lowest BCUT2D eigenvalue weighted by Crippen LogP contribution is -2.00. The van der Waals surface area contributed by atoms with Gasteiger partial charge in [0.25, 0.3) is 0 Å². The zero-order valence-electron chi connectivity index (χ0n) is 35.9. The highest BCUT2D eigenvalue weighted by Crippen LogP contribution is 2.43. The van der Waals surface area contributed by atoms with Crippen LogP contribution in [0.4, 0.5) is 0 Å². The first-order valence-corrected chi connectivity index (χ1v) is 21.9. The molecule has 0 amide bonds. The van der Waals surface area contributed by atoms with E-state index in [0.717, 1.165) is 88.2 Å². The molecule has 0 aliphatic carbocycles. The summed E-state index contributed by atoms with van der Waals surface area (Å²) in [7, 11) is 0. The molecule has 0 aliphatic rings. The molecular formula is C59H43N3O2. The van der Waals surface area contributed by atoms with Crippen molar-refractivity contribution in [3.8, 4) is 45.3 Å². The Balaban J connectivity index is 0.00000148. The zero-order chi connectivity index (χ0) is 43.3. The van der Waals surface area contributed by atoms with Crippen LogP contribution in [0.3, 0.4) is 0 Å². The smallest absolute Gasteiger partial charge is 0.164 e. The number of aromatic nitrogens is 3. The number of fused-ring (bicyclic) bond motifs is 12. The number of allylic oxidation sites excluding steroid dienone is 3. The lowest BCUT2D eigenvalue weighted by Gasteiger charge is -2.13. The molecule has 0 saturated heterocycles. The van der Waals surface area contributed by atoms with E-state index in [0.29, 0.717) is 17.5 Å². The van der Waals surface area contributed by atoms with E-state index in [4.69, 9.17) is 23.8 Å². The molecule has 0 aliphatic heterocycles. The number of nitrogens with zero attached hydrogens (tertiary/aromatic N) is 3. The lowest BCUT2D eigenvalue weighted by atomic mass is 9.93. The van der Waals surface area contributed by atoms with Crippen molar-refractivity contribution in [3.05, 3.63) is 194 Å². The van der Waals surface area contributed by atoms with Crippen molar-refractivity contribution >= 4 is 81.8 Å². The van der Waals surface area contributed by atoms with E-state index in [2.05, 4.69) is 136 Å². The van der Waals surface area contributed by atoms with Crippen LogP contribution in [-0.4, -0.2) is 15.0 Å². The monoisotopic (exact) mass is 825 g/mol. The Kier molecular flexibility index (Phi) is 9.66. The minimum absolute atomic E-state index is 0.572. The van der Waals surface area contributed by atoms with Gasteiger partial charge >= 0.3 is 0 Å². The number of hydrogen-bond acceptors (Lipinski definition) is 5. The summed E-state index contributed by atoms with van der Waals surface area (Å²) in [5.74, 6) is 1.77. The third-order valence-corrected chi connectivity index (χ3v) is 12.0. The van der Waals surface area contributed by atoms with Crippen molar-refractivity contribution in [1.29, 1.82) is 0 Å². The lowest BCUT2D eigenvalue weighted by molar-refractivity contribution is 0.669. The molecular weight excluding hydrogens is 783 g/mol. The Morgan fingerprint density at radius 1 is 0.438 bits per heavy atom. The van der Waals surface area contributed by atoms with E-state index in [1.54, 1.807) is 0 Å². The van der Waals surface area contributed by atoms with Crippen LogP contribution in [-0.2, 0) is 0 Å². The standard InChI is InChI=1S/C56H35N3O2.C3H8/c1-3-13-33(2)35-25-28-48-46(30-35)52-38(20-11-22-50(52)60-48)36-26-29-49-47(31-36)53-44(21-12-23-51(53)61-49)56-58-54(34-14-5-4-6-15-34)57-55(59-56)37-24-27-43-41-18-8-7-16-39(41)40-17-9-10-19-42(40)45(43)32-37;1-3-2/h3-32H,2H2,1H3;3H2,1-2H3/b13-3-;. The van der Waals surface area contributed by atoms with Crippen LogP contribution in [0.15, 0.2) is 197 Å². The van der Waals surface area contributed by atoms with Crippen LogP contribution in [0.1, 0.15) is 32.8 Å². The van der Waals surface area contributed by atoms with Crippen molar-refractivity contribution < 1.29 is 8.83 Å². The van der Waals surface area contributed by atoms with Crippen LogP contribution >= 0.6 is 0 Å². The van der Waals surface area contributed by atoms with E-state index >= 15 is 0 Å². The summed E-state index contributed by atoms with van der Waals surface area (Å²) in [4.78, 5) is 15.6. The minimum atomic E-state index is 0.572. The van der Waals surface area contributed by atoms with Gasteiger partial charge in [-0.3, -0.25) is 0 Å². The van der Waals surface area contributed by atoms with Crippen LogP contribution in [0, 0.1) is 0 Å². The molecule has 12 rings (SSSR count). The molecule has 9 aromatic carbocycles. The van der Waals surface area contributed by atoms with Crippen molar-refractivity contribution in [1.82, 2.24) is 15.0 Å². The van der Waals surface area contributed by atoms with Crippen molar-refractivity contribution in [2.24, 2.45) is 0 Å². The second-order valence-corrected chi connectivity index (χ2v) is 16.2. The van der Waals surface area contributed by atoms with Gasteiger partial charge in [-0.1, -0.05) is 166 Å². The second-order valence-electron chi connectivity index (χ2n) is 16.2. The van der Waals surface area contributed by atoms with Crippen molar-refractivity contribution in [2.75, 3.05) is 0 Å². The molecule has 0 fully saturated rings. The quantitative estimate of drug-likeness (QED) is 0.123. The van der Waals surface area contributed by atoms with Gasteiger partial charge in [0.15, 0.2) is 17.5 Å². The summed E-state index contributed by atoms with van der Waals surface area (Å²) in [6.45, 7) is 10.5. The fourth-order valence-corrected chi connectivity index (χ4v) is 9.13. The highest BCUT2D eigenvalue weighted by molar-refractivity contribution is 6.26. The van der Waals surface area contributed by atoms with E-state index in [1.807, 2.05) is 73.7 Å². The molecule has 3 aromatic heterocycles. The molecule has 12 aromatic rings. The van der Waals surface area contributed by atoms with Gasteiger partial charge in [-0.15, -0.1) is 0 Å². The third-order valence-electron chi connectivity index (χ3n) is 12.0. The first kappa shape index (κ1) is 38.7. The summed E-state index contributed by atoms with van der Waals surface area (Å²) in [6.07, 6.45) is 5.29. The molecule has 5 heteroatoms. The summed E-state index contributed by atoms with van der Waals surface area (Å²) in [6, 6.07) is 59.0. The highest BCUT2D eigenvalue weighted by Gasteiger charge is 2.20. The summed E-state index contributed by atoms with van der Waals surface area (Å²) < 4.78 is 13.0. The van der Waals surface area contributed by atoms with Gasteiger partial charge in [-0.05, 0) is 104 Å². The number of benzene rings is 9. The maximum Gasteiger partial charge on any atom is 0.164 e. The van der Waals surface area contributed by atoms with Gasteiger partial charge in [-0.25, -0.2) is 15.0 Å². The summed E-state index contributed by atoms with van der Waals surface area (Å²) in [5, 5.41) is 11.3. The third kappa shape index (κ3) is 6.52. The molecule has 5 nitrogen and oxygen atoms in total. The number of hydrogen-bond donors (Lipinski definition) is 0. The molecule has 3 heterocycles. The van der Waals surface area contributed by atoms with Crippen LogP contribution in [0.5, 0.6) is 0 Å². The van der Waals surface area contributed by atoms with E-state index in [1.165, 1.54) is 33.4 Å². The molecule has 0 atom stereocenters. The number of rotatable bonds is 6. The van der Waals surface area contributed by atoms with E-state index < -0.39 is 0 Å². The summed E-state index contributed by atoms with van der Waals surface area (Å²) >= 11 is 0. The molecule has 0 N–H and O–H groups in total. The van der Waals surface area contributed by atoms with Gasteiger partial charge < -0.3 is 8.83 Å². The number of furan rings is 2. The average molecular weight is 826 g/mol. The van der Waals surface area contributed by atoms with Gasteiger partial charge in [0.1, 0.15) is 22.3 Å². The molecule has 64 heavy (non-hydrogen) atoms. The highest BCUT2D eigenvalue weighted by atomic mass is 16.3. The predicted molar refractivity (Wildman–Crippen MR) is 268 cm³/mol. The predicted octanol–water partition coefficient (Wildman–Crippen LogP) is 16.8. The Labute approximate surface area is 370 Å². The Hall–Kier alpha value is -8.15. The molecule has 0 bridgehead atoms. The first-order chi connectivity index (χ1) is 31.5. The molecule has 0 unspecified atom stereocenters. The van der Waals surface area contributed by atoms with E-state index in [-0.39, 0.29) is 0 Å². The second kappa shape index (κ2) is 16.0. The Morgan fingerprint density at radius 3 is 1.59 bits per heavy atom. The van der Waals surface area contributed by atoms with Gasteiger partial charge in [0.05, 0.1) is 0 Å². The zero-order valence-corrected chi connectivity index (χ0v) is 35.9. The van der Waals surface area contributed by atoms with Crippen molar-refractivity contribution in [2.45, 2.75) is 27.2 Å². The van der Waals surface area contributed by atoms with Gasteiger partial charge in [-0.2, -0.15) is 0 Å². The van der Waals surface area contributed by atoms with Crippen LogP contribution in [0.25, 0.3) is 127 Å². The van der Waals surface area contributed by atoms with Gasteiger partial charge in [0.2, 0.25) is 0 Å². The molecule has 0 saturated carbocycles. The van der Waals surface area contributed by atoms with Crippen LogP contribution < -0.4 is 0 Å². The van der Waals surface area contributed by atoms with Crippen LogP contribution in [0.2, 0.25) is 0 Å². The fraction of sp³-hybridized carbons (Fsp3) is 0.0678. The Morgan fingerprint density at radius 2 is 0.938 bits per heavy atom. The minimum Gasteiger partial charge on any atom is -0.456 e. The molecule has 0 spiro atoms. The van der Waals surface area contributed by atoms with E-state index in [9.17, 15) is 0 Å². The summed E-state index contributed by atoms with van der Waals surface area (Å²) in [5.41, 5.74) is 10.0. The van der Waals surface area contributed by atoms with Gasteiger partial charge in [0, 0.05) is 38.2 Å².